The fourth-order valence-corrected chi connectivity index (χ4v) is 0.908. The highest BCUT2D eigenvalue weighted by Gasteiger charge is 2.22. The molecule has 0 aromatic rings. The average Bonchev–Trinajstić information content (AvgIpc) is 2.85. The second-order valence-electron chi connectivity index (χ2n) is 3.15. The Bertz CT molecular complexity index is 202. The lowest BCUT2D eigenvalue weighted by molar-refractivity contribution is -0.125. The van der Waals surface area contributed by atoms with E-state index in [0.29, 0.717) is 6.04 Å². The van der Waals surface area contributed by atoms with Crippen LogP contribution in [0.3, 0.4) is 0 Å². The lowest BCUT2D eigenvalue weighted by Gasteiger charge is -2.04. The van der Waals surface area contributed by atoms with Gasteiger partial charge in [0, 0.05) is 6.04 Å². The summed E-state index contributed by atoms with van der Waals surface area (Å²) in [5, 5.41) is 7.98. The molecule has 5 nitrogen and oxygen atoms in total. The maximum atomic E-state index is 11.1. The maximum Gasteiger partial charge on any atom is 0.239 e. The second kappa shape index (κ2) is 4.81. The molecule has 74 valence electrons. The predicted molar refractivity (Wildman–Crippen MR) is 48.1 cm³/mol. The summed E-state index contributed by atoms with van der Waals surface area (Å²) >= 11 is 0. The lowest BCUT2D eigenvalue weighted by Crippen LogP contribution is -2.40. The van der Waals surface area contributed by atoms with Crippen molar-refractivity contribution in [1.29, 1.82) is 0 Å². The first kappa shape index (κ1) is 9.98. The van der Waals surface area contributed by atoms with Gasteiger partial charge in [-0.3, -0.25) is 9.59 Å². The summed E-state index contributed by atoms with van der Waals surface area (Å²) in [7, 11) is 1.68. The molecule has 1 fully saturated rings. The number of carbonyl (C=O) groups excluding carboxylic acids is 2. The van der Waals surface area contributed by atoms with Crippen LogP contribution in [0.5, 0.6) is 0 Å². The topological polar surface area (TPSA) is 70.2 Å². The molecule has 3 N–H and O–H groups in total. The Morgan fingerprint density at radius 2 is 1.92 bits per heavy atom. The Hall–Kier alpha value is -1.10. The van der Waals surface area contributed by atoms with Crippen LogP contribution in [0.1, 0.15) is 12.8 Å². The Balaban J connectivity index is 2.02. The molecule has 1 rings (SSSR count). The van der Waals surface area contributed by atoms with Crippen molar-refractivity contribution in [1.82, 2.24) is 16.0 Å². The first-order chi connectivity index (χ1) is 6.22. The van der Waals surface area contributed by atoms with Crippen molar-refractivity contribution in [3.63, 3.8) is 0 Å². The molecule has 0 aromatic carbocycles. The van der Waals surface area contributed by atoms with Crippen molar-refractivity contribution >= 4 is 11.8 Å². The SMILES string of the molecule is CNCC(=O)NCC(=O)NC1CC1. The highest BCUT2D eigenvalue weighted by Crippen LogP contribution is 2.17. The van der Waals surface area contributed by atoms with Gasteiger partial charge in [0.05, 0.1) is 13.1 Å². The summed E-state index contributed by atoms with van der Waals surface area (Å²) in [4.78, 5) is 22.0. The van der Waals surface area contributed by atoms with Gasteiger partial charge < -0.3 is 16.0 Å². The van der Waals surface area contributed by atoms with Crippen molar-refractivity contribution in [3.8, 4) is 0 Å². The zero-order valence-corrected chi connectivity index (χ0v) is 7.72. The van der Waals surface area contributed by atoms with Gasteiger partial charge in [-0.25, -0.2) is 0 Å². The van der Waals surface area contributed by atoms with E-state index in [1.807, 2.05) is 0 Å². The van der Waals surface area contributed by atoms with Crippen LogP contribution in [0.15, 0.2) is 0 Å². The van der Waals surface area contributed by atoms with Crippen LogP contribution in [0, 0.1) is 0 Å². The van der Waals surface area contributed by atoms with Crippen LogP contribution in [0.4, 0.5) is 0 Å². The molecule has 0 heterocycles. The molecule has 1 aliphatic carbocycles. The first-order valence-corrected chi connectivity index (χ1v) is 4.43. The van der Waals surface area contributed by atoms with E-state index in [0.717, 1.165) is 12.8 Å². The molecular formula is C8H15N3O2. The first-order valence-electron chi connectivity index (χ1n) is 4.43. The van der Waals surface area contributed by atoms with Crippen molar-refractivity contribution in [2.75, 3.05) is 20.1 Å². The lowest BCUT2D eigenvalue weighted by atomic mass is 10.5. The fourth-order valence-electron chi connectivity index (χ4n) is 0.908. The van der Waals surface area contributed by atoms with Crippen molar-refractivity contribution < 1.29 is 9.59 Å². The molecule has 5 heteroatoms. The van der Waals surface area contributed by atoms with Gasteiger partial charge in [0.25, 0.3) is 0 Å². The van der Waals surface area contributed by atoms with Gasteiger partial charge in [0.1, 0.15) is 0 Å². The number of nitrogens with one attached hydrogen (secondary N) is 3. The third-order valence-electron chi connectivity index (χ3n) is 1.73. The van der Waals surface area contributed by atoms with Gasteiger partial charge >= 0.3 is 0 Å². The second-order valence-corrected chi connectivity index (χ2v) is 3.15. The third kappa shape index (κ3) is 4.47. The number of amides is 2. The predicted octanol–water partition coefficient (Wildman–Crippen LogP) is -1.40. The summed E-state index contributed by atoms with van der Waals surface area (Å²) in [6, 6.07) is 0.355. The molecule has 2 amide bonds. The molecule has 0 saturated heterocycles. The minimum atomic E-state index is -0.159. The number of carbonyl (C=O) groups is 2. The molecule has 13 heavy (non-hydrogen) atoms. The monoisotopic (exact) mass is 185 g/mol. The van der Waals surface area contributed by atoms with E-state index >= 15 is 0 Å². The van der Waals surface area contributed by atoms with E-state index < -0.39 is 0 Å². The maximum absolute atomic E-state index is 11.1. The largest absolute Gasteiger partial charge is 0.352 e. The summed E-state index contributed by atoms with van der Waals surface area (Å²) < 4.78 is 0. The summed E-state index contributed by atoms with van der Waals surface area (Å²) in [5.74, 6) is -0.264. The molecular weight excluding hydrogens is 170 g/mol. The molecule has 0 bridgehead atoms. The minimum Gasteiger partial charge on any atom is -0.352 e. The van der Waals surface area contributed by atoms with Crippen molar-refractivity contribution in [2.45, 2.75) is 18.9 Å². The molecule has 0 aromatic heterocycles. The van der Waals surface area contributed by atoms with E-state index in [9.17, 15) is 9.59 Å². The molecule has 0 atom stereocenters. The van der Waals surface area contributed by atoms with E-state index in [1.165, 1.54) is 0 Å². The Labute approximate surface area is 77.3 Å². The van der Waals surface area contributed by atoms with Crippen LogP contribution in [0.2, 0.25) is 0 Å². The Morgan fingerprint density at radius 3 is 2.46 bits per heavy atom. The highest BCUT2D eigenvalue weighted by atomic mass is 16.2. The summed E-state index contributed by atoms with van der Waals surface area (Å²) in [6.45, 7) is 0.327. The Morgan fingerprint density at radius 1 is 1.23 bits per heavy atom. The van der Waals surface area contributed by atoms with Gasteiger partial charge in [0.15, 0.2) is 0 Å². The molecule has 0 aliphatic heterocycles. The summed E-state index contributed by atoms with van der Waals surface area (Å²) in [5.41, 5.74) is 0. The van der Waals surface area contributed by atoms with Crippen LogP contribution in [-0.4, -0.2) is 38.0 Å². The normalized spacial score (nSPS) is 15.2. The standard InChI is InChI=1S/C8H15N3O2/c1-9-4-7(12)10-5-8(13)11-6-2-3-6/h6,9H,2-5H2,1H3,(H,10,12)(H,11,13). The number of rotatable bonds is 5. The van der Waals surface area contributed by atoms with Crippen LogP contribution in [-0.2, 0) is 9.59 Å². The molecule has 1 aliphatic rings. The molecule has 0 unspecified atom stereocenters. The van der Waals surface area contributed by atoms with E-state index in [-0.39, 0.29) is 24.9 Å². The third-order valence-corrected chi connectivity index (χ3v) is 1.73. The van der Waals surface area contributed by atoms with Crippen LogP contribution < -0.4 is 16.0 Å². The van der Waals surface area contributed by atoms with Gasteiger partial charge in [-0.1, -0.05) is 0 Å². The van der Waals surface area contributed by atoms with Gasteiger partial charge in [-0.05, 0) is 19.9 Å². The van der Waals surface area contributed by atoms with Gasteiger partial charge in [-0.2, -0.15) is 0 Å². The smallest absolute Gasteiger partial charge is 0.239 e. The minimum absolute atomic E-state index is 0.0804. The zero-order chi connectivity index (χ0) is 9.68. The fraction of sp³-hybridized carbons (Fsp3) is 0.750. The number of hydrogen-bond acceptors (Lipinski definition) is 3. The van der Waals surface area contributed by atoms with E-state index in [1.54, 1.807) is 7.05 Å². The van der Waals surface area contributed by atoms with Crippen molar-refractivity contribution in [3.05, 3.63) is 0 Å². The zero-order valence-electron chi connectivity index (χ0n) is 7.72. The summed E-state index contributed by atoms with van der Waals surface area (Å²) in [6.07, 6.45) is 2.13. The number of hydrogen-bond donors (Lipinski definition) is 3. The molecule has 0 radical (unpaired) electrons. The van der Waals surface area contributed by atoms with Crippen LogP contribution in [0.25, 0.3) is 0 Å². The van der Waals surface area contributed by atoms with Gasteiger partial charge in [-0.15, -0.1) is 0 Å². The molecule has 1 saturated carbocycles. The average molecular weight is 185 g/mol. The van der Waals surface area contributed by atoms with Crippen LogP contribution >= 0.6 is 0 Å². The van der Waals surface area contributed by atoms with E-state index in [2.05, 4.69) is 16.0 Å². The van der Waals surface area contributed by atoms with Crippen molar-refractivity contribution in [2.24, 2.45) is 0 Å². The number of likely N-dealkylation sites (N-methyl/N-ethyl adjacent to an activating group) is 1. The quantitative estimate of drug-likeness (QED) is 0.493. The highest BCUT2D eigenvalue weighted by molar-refractivity contribution is 5.85. The van der Waals surface area contributed by atoms with E-state index in [4.69, 9.17) is 0 Å². The Kier molecular flexibility index (Phi) is 3.70. The van der Waals surface area contributed by atoms with Gasteiger partial charge in [0.2, 0.25) is 11.8 Å². The molecule has 0 spiro atoms.